The summed E-state index contributed by atoms with van der Waals surface area (Å²) in [4.78, 5) is 42.6. The number of benzene rings is 3. The number of nitrogens with zero attached hydrogens (tertiary/aromatic N) is 2. The molecule has 0 radical (unpaired) electrons. The van der Waals surface area contributed by atoms with Crippen LogP contribution in [0.5, 0.6) is 0 Å². The maximum absolute atomic E-state index is 14.2. The first-order valence-corrected chi connectivity index (χ1v) is 15.4. The Kier molecular flexibility index (Phi) is 9.38. The van der Waals surface area contributed by atoms with Gasteiger partial charge in [0.05, 0.1) is 9.85 Å². The highest BCUT2D eigenvalue weighted by Crippen LogP contribution is 2.44. The van der Waals surface area contributed by atoms with Crippen LogP contribution in [0.1, 0.15) is 36.5 Å². The molecule has 0 saturated heterocycles. The van der Waals surface area contributed by atoms with E-state index in [0.717, 1.165) is 62.4 Å². The molecular formula is C26H23ClN4O10S2. The first-order chi connectivity index (χ1) is 19.9. The Balaban J connectivity index is 2.42. The van der Waals surface area contributed by atoms with Crippen LogP contribution in [0, 0.1) is 20.2 Å². The number of nitro groups is 2. The number of hydrogen-bond donors (Lipinski definition) is 2. The molecule has 17 heteroatoms. The van der Waals surface area contributed by atoms with E-state index in [1.165, 1.54) is 6.07 Å². The predicted molar refractivity (Wildman–Crippen MR) is 158 cm³/mol. The van der Waals surface area contributed by atoms with Gasteiger partial charge in [-0.15, -0.1) is 0 Å². The van der Waals surface area contributed by atoms with Crippen LogP contribution in [0.25, 0.3) is 5.57 Å². The number of carbonyl (C=O) groups excluding carboxylic acids is 2. The van der Waals surface area contributed by atoms with Gasteiger partial charge < -0.3 is 10.6 Å². The first-order valence-electron chi connectivity index (χ1n) is 11.9. The van der Waals surface area contributed by atoms with E-state index < -0.39 is 72.6 Å². The second-order valence-corrected chi connectivity index (χ2v) is 13.9. The fraction of sp³-hybridized carbons (Fsp3) is 0.154. The van der Waals surface area contributed by atoms with E-state index in [9.17, 15) is 46.7 Å². The molecule has 2 amide bonds. The fourth-order valence-corrected chi connectivity index (χ4v) is 9.29. The highest BCUT2D eigenvalue weighted by atomic mass is 35.5. The summed E-state index contributed by atoms with van der Waals surface area (Å²) >= 11 is 6.32. The van der Waals surface area contributed by atoms with Gasteiger partial charge in [-0.25, -0.2) is 16.8 Å². The van der Waals surface area contributed by atoms with Crippen molar-refractivity contribution in [2.45, 2.75) is 35.1 Å². The summed E-state index contributed by atoms with van der Waals surface area (Å²) in [6.45, 7) is 7.56. The average Bonchev–Trinajstić information content (AvgIpc) is 2.87. The minimum atomic E-state index is -5.32. The summed E-state index contributed by atoms with van der Waals surface area (Å²) in [6.07, 6.45) is 0. The second-order valence-electron chi connectivity index (χ2n) is 9.18. The van der Waals surface area contributed by atoms with Crippen molar-refractivity contribution in [2.75, 3.05) is 10.6 Å². The Morgan fingerprint density at radius 3 is 1.51 bits per heavy atom. The lowest BCUT2D eigenvalue weighted by atomic mass is 10.1. The summed E-state index contributed by atoms with van der Waals surface area (Å²) < 4.78 is 54.0. The Labute approximate surface area is 250 Å². The zero-order valence-corrected chi connectivity index (χ0v) is 25.0. The fourth-order valence-electron chi connectivity index (χ4n) is 4.14. The number of nitrogens with one attached hydrogen (secondary N) is 2. The molecule has 0 aliphatic heterocycles. The van der Waals surface area contributed by atoms with Gasteiger partial charge in [-0.05, 0) is 54.0 Å². The van der Waals surface area contributed by atoms with Gasteiger partial charge in [0, 0.05) is 42.4 Å². The summed E-state index contributed by atoms with van der Waals surface area (Å²) in [7, 11) is -10.6. The molecule has 0 bridgehead atoms. The van der Waals surface area contributed by atoms with E-state index in [2.05, 4.69) is 17.2 Å². The third-order valence-electron chi connectivity index (χ3n) is 5.85. The predicted octanol–water partition coefficient (Wildman–Crippen LogP) is 5.05. The van der Waals surface area contributed by atoms with Gasteiger partial charge in [0.25, 0.3) is 11.4 Å². The minimum absolute atomic E-state index is 0.105. The normalized spacial score (nSPS) is 11.6. The van der Waals surface area contributed by atoms with Crippen LogP contribution in [0.15, 0.2) is 71.0 Å². The molecule has 0 aliphatic carbocycles. The smallest absolute Gasteiger partial charge is 0.290 e. The second kappa shape index (κ2) is 12.3. The number of halogens is 1. The monoisotopic (exact) mass is 650 g/mol. The van der Waals surface area contributed by atoms with Crippen LogP contribution in [0.4, 0.5) is 22.7 Å². The highest BCUT2D eigenvalue weighted by molar-refractivity contribution is 8.08. The van der Waals surface area contributed by atoms with Gasteiger partial charge in [0.1, 0.15) is 9.79 Å². The summed E-state index contributed by atoms with van der Waals surface area (Å²) in [5.74, 6) is -1.24. The van der Waals surface area contributed by atoms with Gasteiger partial charge in [-0.2, -0.15) is 0 Å². The Bertz CT molecular complexity index is 1820. The van der Waals surface area contributed by atoms with E-state index in [-0.39, 0.29) is 16.4 Å². The van der Waals surface area contributed by atoms with Crippen molar-refractivity contribution in [1.29, 1.82) is 0 Å². The number of nitro benzene ring substituents is 2. The number of hydrogen-bond acceptors (Lipinski definition) is 10. The number of sulfone groups is 2. The molecule has 3 aromatic rings. The Morgan fingerprint density at radius 2 is 1.19 bits per heavy atom. The van der Waals surface area contributed by atoms with Crippen molar-refractivity contribution in [3.8, 4) is 0 Å². The molecule has 0 heterocycles. The van der Waals surface area contributed by atoms with E-state index in [1.54, 1.807) is 6.92 Å². The van der Waals surface area contributed by atoms with Gasteiger partial charge in [0.15, 0.2) is 4.58 Å². The van der Waals surface area contributed by atoms with E-state index in [1.807, 2.05) is 0 Å². The van der Waals surface area contributed by atoms with Gasteiger partial charge in [-0.1, -0.05) is 30.3 Å². The zero-order chi connectivity index (χ0) is 32.4. The summed E-state index contributed by atoms with van der Waals surface area (Å²) in [5.41, 5.74) is -2.10. The molecule has 2 N–H and O–H groups in total. The van der Waals surface area contributed by atoms with Crippen molar-refractivity contribution in [2.24, 2.45) is 0 Å². The lowest BCUT2D eigenvalue weighted by molar-refractivity contribution is -0.387. The van der Waals surface area contributed by atoms with E-state index in [0.29, 0.717) is 11.1 Å². The minimum Gasteiger partial charge on any atom is -0.326 e. The molecule has 0 atom stereocenters. The lowest BCUT2D eigenvalue weighted by Crippen LogP contribution is -2.25. The molecule has 0 unspecified atom stereocenters. The van der Waals surface area contributed by atoms with Crippen LogP contribution < -0.4 is 10.6 Å². The van der Waals surface area contributed by atoms with Gasteiger partial charge >= 0.3 is 0 Å². The molecule has 3 aromatic carbocycles. The average molecular weight is 651 g/mol. The van der Waals surface area contributed by atoms with Crippen LogP contribution in [-0.2, 0) is 29.3 Å². The van der Waals surface area contributed by atoms with Crippen LogP contribution in [0.3, 0.4) is 0 Å². The molecule has 0 saturated carbocycles. The number of amides is 2. The van der Waals surface area contributed by atoms with E-state index >= 15 is 0 Å². The zero-order valence-electron chi connectivity index (χ0n) is 22.7. The first kappa shape index (κ1) is 32.8. The number of anilines is 2. The van der Waals surface area contributed by atoms with Crippen LogP contribution >= 0.6 is 11.6 Å². The molecule has 0 aliphatic rings. The van der Waals surface area contributed by atoms with Crippen molar-refractivity contribution in [1.82, 2.24) is 0 Å². The van der Waals surface area contributed by atoms with Gasteiger partial charge in [0.2, 0.25) is 31.5 Å². The van der Waals surface area contributed by atoms with Crippen LogP contribution in [0.2, 0.25) is 5.02 Å². The van der Waals surface area contributed by atoms with E-state index in [4.69, 9.17) is 11.6 Å². The topological polar surface area (TPSA) is 213 Å². The maximum atomic E-state index is 14.2. The lowest BCUT2D eigenvalue weighted by Gasteiger charge is -2.20. The SMILES string of the molecule is C=C(C)c1ccc(C(S(=O)(=O)c2ccc(NC(C)=O)cc2[N+](=O)[O-])S(=O)(=O)c2ccc(NC(C)=O)cc2[N+](=O)[O-])cc1Cl. The standard InChI is InChI=1S/C26H23ClN4O10S2/c1-14(2)20-8-5-17(11-21(20)27)26(42(38,39)24-9-6-18(28-15(3)32)12-22(24)30(34)35)43(40,41)25-10-7-19(29-16(4)33)13-23(25)31(36)37/h5-13,26H,1H2,2-4H3,(H,28,32)(H,29,33). The Morgan fingerprint density at radius 1 is 0.767 bits per heavy atom. The molecule has 0 fully saturated rings. The summed E-state index contributed by atoms with van der Waals surface area (Å²) in [6, 6.07) is 8.42. The van der Waals surface area contributed by atoms with Crippen molar-refractivity contribution < 1.29 is 36.3 Å². The molecular weight excluding hydrogens is 628 g/mol. The molecule has 43 heavy (non-hydrogen) atoms. The van der Waals surface area contributed by atoms with Crippen molar-refractivity contribution in [3.63, 3.8) is 0 Å². The number of carbonyl (C=O) groups is 2. The maximum Gasteiger partial charge on any atom is 0.290 e. The van der Waals surface area contributed by atoms with Crippen LogP contribution in [-0.4, -0.2) is 38.5 Å². The number of allylic oxidation sites excluding steroid dienone is 1. The molecule has 226 valence electrons. The van der Waals surface area contributed by atoms with Crippen molar-refractivity contribution >= 4 is 71.4 Å². The molecule has 0 spiro atoms. The third kappa shape index (κ3) is 6.87. The number of rotatable bonds is 10. The molecule has 3 rings (SSSR count). The highest BCUT2D eigenvalue weighted by Gasteiger charge is 2.46. The molecule has 0 aromatic heterocycles. The van der Waals surface area contributed by atoms with Gasteiger partial charge in [-0.3, -0.25) is 29.8 Å². The largest absolute Gasteiger partial charge is 0.326 e. The third-order valence-corrected chi connectivity index (χ3v) is 11.3. The summed E-state index contributed by atoms with van der Waals surface area (Å²) in [5, 5.41) is 28.3. The quantitative estimate of drug-likeness (QED) is 0.220. The van der Waals surface area contributed by atoms with Crippen molar-refractivity contribution in [3.05, 3.63) is 97.6 Å². The molecule has 14 nitrogen and oxygen atoms in total. The Hall–Kier alpha value is -4.67.